The highest BCUT2D eigenvalue weighted by molar-refractivity contribution is 7.26. The largest absolute Gasteiger partial charge is 0.143 e. The molecule has 0 amide bonds. The lowest BCUT2D eigenvalue weighted by Crippen LogP contribution is -1.84. The molecule has 0 aliphatic rings. The average molecular weight is 401 g/mol. The first kappa shape index (κ1) is 16.7. The smallest absolute Gasteiger partial charge is 0.0521 e. The molecule has 0 unspecified atom stereocenters. The molecule has 0 aliphatic heterocycles. The molecule has 3 heterocycles. The Morgan fingerprint density at radius 3 is 2.04 bits per heavy atom. The van der Waals surface area contributed by atoms with Crippen molar-refractivity contribution in [3.63, 3.8) is 0 Å². The molecule has 0 spiro atoms. The van der Waals surface area contributed by atoms with Crippen molar-refractivity contribution < 1.29 is 0 Å². The summed E-state index contributed by atoms with van der Waals surface area (Å²) in [4.78, 5) is 5.38. The van der Waals surface area contributed by atoms with Crippen LogP contribution in [0.3, 0.4) is 0 Å². The van der Waals surface area contributed by atoms with Gasteiger partial charge in [-0.3, -0.25) is 0 Å². The summed E-state index contributed by atoms with van der Waals surface area (Å²) in [6, 6.07) is 30.4. The molecule has 0 bridgehead atoms. The van der Waals surface area contributed by atoms with Crippen molar-refractivity contribution in [1.29, 1.82) is 0 Å². The standard InChI is InChI=1S/C24H16S3/c1-2-7-17(8-3-1)18-9-4-5-10-19(18)20-14-16-26-24(20)23-13-12-22(27-23)21-11-6-15-25-21/h1-16H. The quantitative estimate of drug-likeness (QED) is 0.283. The zero-order valence-electron chi connectivity index (χ0n) is 14.5. The zero-order valence-corrected chi connectivity index (χ0v) is 16.9. The lowest BCUT2D eigenvalue weighted by atomic mass is 9.95. The number of hydrogen-bond donors (Lipinski definition) is 0. The molecular formula is C24H16S3. The van der Waals surface area contributed by atoms with Crippen LogP contribution in [0.2, 0.25) is 0 Å². The second-order valence-corrected chi connectivity index (χ2v) is 9.16. The van der Waals surface area contributed by atoms with Crippen molar-refractivity contribution in [3.05, 3.63) is 95.7 Å². The van der Waals surface area contributed by atoms with E-state index in [-0.39, 0.29) is 0 Å². The Morgan fingerprint density at radius 2 is 1.22 bits per heavy atom. The Labute approximate surface area is 171 Å². The molecule has 0 fully saturated rings. The van der Waals surface area contributed by atoms with E-state index in [1.807, 2.05) is 22.7 Å². The van der Waals surface area contributed by atoms with Gasteiger partial charge >= 0.3 is 0 Å². The van der Waals surface area contributed by atoms with Gasteiger partial charge in [0.1, 0.15) is 0 Å². The molecule has 0 atom stereocenters. The lowest BCUT2D eigenvalue weighted by Gasteiger charge is -2.10. The summed E-state index contributed by atoms with van der Waals surface area (Å²) in [6.07, 6.45) is 0. The molecule has 0 N–H and O–H groups in total. The van der Waals surface area contributed by atoms with Crippen LogP contribution in [0.25, 0.3) is 41.8 Å². The summed E-state index contributed by atoms with van der Waals surface area (Å²) in [7, 11) is 0. The molecule has 0 saturated carbocycles. The highest BCUT2D eigenvalue weighted by Gasteiger charge is 2.15. The van der Waals surface area contributed by atoms with Gasteiger partial charge in [0, 0.05) is 20.2 Å². The van der Waals surface area contributed by atoms with Crippen LogP contribution < -0.4 is 0 Å². The molecule has 3 aromatic heterocycles. The third-order valence-corrected chi connectivity index (χ3v) is 7.81. The van der Waals surface area contributed by atoms with E-state index in [4.69, 9.17) is 0 Å². The van der Waals surface area contributed by atoms with Crippen molar-refractivity contribution in [2.45, 2.75) is 0 Å². The lowest BCUT2D eigenvalue weighted by molar-refractivity contribution is 1.60. The minimum Gasteiger partial charge on any atom is -0.143 e. The predicted molar refractivity (Wildman–Crippen MR) is 122 cm³/mol. The van der Waals surface area contributed by atoms with Crippen LogP contribution in [0.1, 0.15) is 0 Å². The van der Waals surface area contributed by atoms with Crippen LogP contribution in [0.5, 0.6) is 0 Å². The third-order valence-electron chi connectivity index (χ3n) is 4.56. The van der Waals surface area contributed by atoms with Gasteiger partial charge in [-0.15, -0.1) is 34.0 Å². The number of rotatable bonds is 4. The van der Waals surface area contributed by atoms with E-state index in [1.165, 1.54) is 41.8 Å². The van der Waals surface area contributed by atoms with Crippen molar-refractivity contribution in [1.82, 2.24) is 0 Å². The number of benzene rings is 2. The van der Waals surface area contributed by atoms with Gasteiger partial charge < -0.3 is 0 Å². The molecule has 0 radical (unpaired) electrons. The molecule has 130 valence electrons. The maximum atomic E-state index is 2.26. The Morgan fingerprint density at radius 1 is 0.444 bits per heavy atom. The first-order chi connectivity index (χ1) is 13.4. The fourth-order valence-corrected chi connectivity index (χ4v) is 6.20. The Balaban J connectivity index is 1.61. The highest BCUT2D eigenvalue weighted by atomic mass is 32.1. The van der Waals surface area contributed by atoms with E-state index < -0.39 is 0 Å². The number of thiophene rings is 3. The minimum absolute atomic E-state index is 1.26. The van der Waals surface area contributed by atoms with Crippen molar-refractivity contribution in [3.8, 4) is 41.8 Å². The molecule has 5 aromatic rings. The van der Waals surface area contributed by atoms with Crippen molar-refractivity contribution >= 4 is 34.0 Å². The molecule has 0 nitrogen and oxygen atoms in total. The van der Waals surface area contributed by atoms with Gasteiger partial charge in [-0.05, 0) is 51.7 Å². The molecule has 5 rings (SSSR count). The highest BCUT2D eigenvalue weighted by Crippen LogP contribution is 2.45. The Hall–Kier alpha value is -2.46. The second kappa shape index (κ2) is 7.28. The van der Waals surface area contributed by atoms with Crippen LogP contribution in [-0.4, -0.2) is 0 Å². The van der Waals surface area contributed by atoms with Gasteiger partial charge in [0.2, 0.25) is 0 Å². The number of hydrogen-bond acceptors (Lipinski definition) is 3. The van der Waals surface area contributed by atoms with E-state index in [2.05, 4.69) is 95.7 Å². The van der Waals surface area contributed by atoms with Gasteiger partial charge in [0.15, 0.2) is 0 Å². The summed E-state index contributed by atoms with van der Waals surface area (Å²) in [5.74, 6) is 0. The van der Waals surface area contributed by atoms with Gasteiger partial charge in [-0.1, -0.05) is 60.7 Å². The van der Waals surface area contributed by atoms with Crippen molar-refractivity contribution in [2.75, 3.05) is 0 Å². The van der Waals surface area contributed by atoms with E-state index >= 15 is 0 Å². The Kier molecular flexibility index (Phi) is 4.50. The van der Waals surface area contributed by atoms with Gasteiger partial charge in [-0.2, -0.15) is 0 Å². The van der Waals surface area contributed by atoms with E-state index in [0.29, 0.717) is 0 Å². The predicted octanol–water partition coefficient (Wildman–Crippen LogP) is 8.54. The second-order valence-electron chi connectivity index (χ2n) is 6.22. The first-order valence-electron chi connectivity index (χ1n) is 8.76. The molecule has 2 aromatic carbocycles. The molecule has 3 heteroatoms. The molecule has 27 heavy (non-hydrogen) atoms. The van der Waals surface area contributed by atoms with Crippen LogP contribution in [0, 0.1) is 0 Å². The summed E-state index contributed by atoms with van der Waals surface area (Å²) in [6.45, 7) is 0. The van der Waals surface area contributed by atoms with E-state index in [0.717, 1.165) is 0 Å². The van der Waals surface area contributed by atoms with Crippen LogP contribution >= 0.6 is 34.0 Å². The van der Waals surface area contributed by atoms with Crippen LogP contribution in [0.15, 0.2) is 95.7 Å². The van der Waals surface area contributed by atoms with Crippen molar-refractivity contribution in [2.24, 2.45) is 0 Å². The van der Waals surface area contributed by atoms with Gasteiger partial charge in [0.05, 0.1) is 4.88 Å². The van der Waals surface area contributed by atoms with E-state index in [1.54, 1.807) is 11.3 Å². The SMILES string of the molecule is c1ccc(-c2ccccc2-c2ccsc2-c2ccc(-c3cccs3)s2)cc1. The minimum atomic E-state index is 1.26. The topological polar surface area (TPSA) is 0 Å². The summed E-state index contributed by atoms with van der Waals surface area (Å²) in [5, 5.41) is 4.35. The summed E-state index contributed by atoms with van der Waals surface area (Å²) >= 11 is 5.51. The maximum Gasteiger partial charge on any atom is 0.0521 e. The maximum absolute atomic E-state index is 2.26. The fourth-order valence-electron chi connectivity index (χ4n) is 3.31. The van der Waals surface area contributed by atoms with Crippen LogP contribution in [0.4, 0.5) is 0 Å². The monoisotopic (exact) mass is 400 g/mol. The normalized spacial score (nSPS) is 11.0. The molecule has 0 aliphatic carbocycles. The summed E-state index contributed by atoms with van der Waals surface area (Å²) < 4.78 is 0. The molecule has 0 saturated heterocycles. The fraction of sp³-hybridized carbons (Fsp3) is 0. The Bertz CT molecular complexity index is 1160. The third kappa shape index (κ3) is 3.19. The van der Waals surface area contributed by atoms with E-state index in [9.17, 15) is 0 Å². The average Bonchev–Trinajstić information content (AvgIpc) is 3.49. The first-order valence-corrected chi connectivity index (χ1v) is 11.3. The van der Waals surface area contributed by atoms with Gasteiger partial charge in [0.25, 0.3) is 0 Å². The molecular weight excluding hydrogens is 384 g/mol. The van der Waals surface area contributed by atoms with Gasteiger partial charge in [-0.25, -0.2) is 0 Å². The summed E-state index contributed by atoms with van der Waals surface area (Å²) in [5.41, 5.74) is 5.16. The zero-order chi connectivity index (χ0) is 18.1. The van der Waals surface area contributed by atoms with Crippen LogP contribution in [-0.2, 0) is 0 Å².